The Morgan fingerprint density at radius 3 is 2.62 bits per heavy atom. The van der Waals surface area contributed by atoms with Gasteiger partial charge in [-0.1, -0.05) is 53.7 Å². The molecule has 1 N–H and O–H groups in total. The molecule has 1 unspecified atom stereocenters. The van der Waals surface area contributed by atoms with Crippen LogP contribution in [0, 0.1) is 0 Å². The largest absolute Gasteiger partial charge is 0.463 e. The van der Waals surface area contributed by atoms with E-state index in [0.717, 1.165) is 11.1 Å². The summed E-state index contributed by atoms with van der Waals surface area (Å²) in [6.45, 7) is 3.90. The van der Waals surface area contributed by atoms with Gasteiger partial charge in [-0.3, -0.25) is 0 Å². The van der Waals surface area contributed by atoms with Gasteiger partial charge in [-0.2, -0.15) is 0 Å². The fourth-order valence-electron chi connectivity index (χ4n) is 3.22. The van der Waals surface area contributed by atoms with Crippen LogP contribution >= 0.6 is 23.4 Å². The van der Waals surface area contributed by atoms with Crippen LogP contribution in [-0.2, 0) is 15.3 Å². The molecule has 0 spiro atoms. The van der Waals surface area contributed by atoms with Crippen LogP contribution < -0.4 is 5.32 Å². The molecule has 0 radical (unpaired) electrons. The quantitative estimate of drug-likeness (QED) is 0.499. The topological polar surface area (TPSA) is 89.6 Å². The van der Waals surface area contributed by atoms with E-state index < -0.39 is 12.0 Å². The Morgan fingerprint density at radius 1 is 1.16 bits per heavy atom. The third-order valence-corrected chi connectivity index (χ3v) is 5.84. The van der Waals surface area contributed by atoms with Crippen molar-refractivity contribution < 1.29 is 13.9 Å². The highest BCUT2D eigenvalue weighted by atomic mass is 35.5. The minimum atomic E-state index is -0.502. The number of aliphatic imine (C=N–C) groups is 1. The van der Waals surface area contributed by atoms with Gasteiger partial charge in [-0.05, 0) is 43.7 Å². The van der Waals surface area contributed by atoms with Crippen molar-refractivity contribution >= 4 is 34.5 Å². The van der Waals surface area contributed by atoms with Gasteiger partial charge in [-0.15, -0.1) is 10.2 Å². The molecular formula is C23H21ClN4O3S. The molecule has 0 saturated carbocycles. The molecule has 1 aliphatic heterocycles. The number of nitrogens with one attached hydrogen (secondary N) is 1. The summed E-state index contributed by atoms with van der Waals surface area (Å²) in [4.78, 5) is 17.4. The zero-order chi connectivity index (χ0) is 22.5. The van der Waals surface area contributed by atoms with Crippen LogP contribution in [0.1, 0.15) is 31.3 Å². The van der Waals surface area contributed by atoms with Gasteiger partial charge in [0.15, 0.2) is 5.17 Å². The number of hydrogen-bond acceptors (Lipinski definition) is 8. The van der Waals surface area contributed by atoms with Gasteiger partial charge in [0.05, 0.1) is 17.9 Å². The number of thioether (sulfide) groups is 1. The highest BCUT2D eigenvalue weighted by Gasteiger charge is 2.30. The summed E-state index contributed by atoms with van der Waals surface area (Å²) in [5.74, 6) is 0.995. The standard InChI is InChI=1S/C23H21ClN4O3S/c1-3-30-22(29)19-14(2)25-23(26-20(19)15-9-11-17(24)12-10-15)32-13-18-27-28-21(31-18)16-7-5-4-6-8-16/h4-12,20H,3,13H2,1-2H3,(H,25,26). The number of carbonyl (C=O) groups excluding carboxylic acids is 1. The van der Waals surface area contributed by atoms with Gasteiger partial charge in [0.1, 0.15) is 6.04 Å². The van der Waals surface area contributed by atoms with Crippen LogP contribution in [0.5, 0.6) is 0 Å². The molecule has 0 aliphatic carbocycles. The minimum absolute atomic E-state index is 0.287. The Morgan fingerprint density at radius 2 is 1.91 bits per heavy atom. The molecule has 1 aliphatic rings. The average Bonchev–Trinajstić information content (AvgIpc) is 3.28. The van der Waals surface area contributed by atoms with E-state index in [2.05, 4.69) is 15.5 Å². The SMILES string of the molecule is CCOC(=O)C1=C(C)NC(SCc2nnc(-c3ccccc3)o2)=NC1c1ccc(Cl)cc1. The number of halogens is 1. The molecule has 1 aromatic heterocycles. The summed E-state index contributed by atoms with van der Waals surface area (Å²) in [6, 6.07) is 16.4. The summed E-state index contributed by atoms with van der Waals surface area (Å²) >= 11 is 7.46. The summed E-state index contributed by atoms with van der Waals surface area (Å²) in [5.41, 5.74) is 2.88. The van der Waals surface area contributed by atoms with E-state index in [9.17, 15) is 4.79 Å². The third kappa shape index (κ3) is 5.03. The number of rotatable bonds is 6. The number of aromatic nitrogens is 2. The molecule has 4 rings (SSSR count). The fraction of sp³-hybridized carbons (Fsp3) is 0.217. The first-order valence-corrected chi connectivity index (χ1v) is 11.4. The van der Waals surface area contributed by atoms with Crippen LogP contribution in [0.4, 0.5) is 0 Å². The number of esters is 1. The van der Waals surface area contributed by atoms with Gasteiger partial charge in [0.25, 0.3) is 0 Å². The predicted molar refractivity (Wildman–Crippen MR) is 125 cm³/mol. The lowest BCUT2D eigenvalue weighted by molar-refractivity contribution is -0.138. The molecule has 0 bridgehead atoms. The predicted octanol–water partition coefficient (Wildman–Crippen LogP) is 5.16. The van der Waals surface area contributed by atoms with E-state index in [-0.39, 0.29) is 6.61 Å². The monoisotopic (exact) mass is 468 g/mol. The summed E-state index contributed by atoms with van der Waals surface area (Å²) in [6.07, 6.45) is 0. The Balaban J connectivity index is 1.54. The number of amidine groups is 1. The molecule has 7 nitrogen and oxygen atoms in total. The molecule has 1 atom stereocenters. The maximum atomic E-state index is 12.6. The second-order valence-corrected chi connectivity index (χ2v) is 8.33. The second kappa shape index (κ2) is 10.0. The molecule has 2 heterocycles. The lowest BCUT2D eigenvalue weighted by atomic mass is 9.97. The third-order valence-electron chi connectivity index (χ3n) is 4.72. The number of benzene rings is 2. The van der Waals surface area contributed by atoms with Gasteiger partial charge in [-0.25, -0.2) is 9.79 Å². The zero-order valence-corrected chi connectivity index (χ0v) is 19.1. The molecular weight excluding hydrogens is 448 g/mol. The van der Waals surface area contributed by atoms with Crippen molar-refractivity contribution in [1.82, 2.24) is 15.5 Å². The molecule has 164 valence electrons. The summed E-state index contributed by atoms with van der Waals surface area (Å²) < 4.78 is 11.0. The van der Waals surface area contributed by atoms with Gasteiger partial charge in [0, 0.05) is 16.3 Å². The summed E-state index contributed by atoms with van der Waals surface area (Å²) in [5, 5.41) is 12.7. The van der Waals surface area contributed by atoms with Gasteiger partial charge >= 0.3 is 5.97 Å². The first kappa shape index (κ1) is 22.1. The number of carbonyl (C=O) groups is 1. The van der Waals surface area contributed by atoms with Gasteiger partial charge in [0.2, 0.25) is 11.8 Å². The van der Waals surface area contributed by atoms with Crippen molar-refractivity contribution in [1.29, 1.82) is 0 Å². The maximum Gasteiger partial charge on any atom is 0.338 e. The Kier molecular flexibility index (Phi) is 6.92. The number of hydrogen-bond donors (Lipinski definition) is 1. The van der Waals surface area contributed by atoms with Crippen LogP contribution in [0.15, 0.2) is 75.3 Å². The van der Waals surface area contributed by atoms with E-state index in [4.69, 9.17) is 25.7 Å². The van der Waals surface area contributed by atoms with Crippen molar-refractivity contribution in [3.8, 4) is 11.5 Å². The van der Waals surface area contributed by atoms with Crippen molar-refractivity contribution in [3.63, 3.8) is 0 Å². The van der Waals surface area contributed by atoms with Crippen molar-refractivity contribution in [2.75, 3.05) is 6.61 Å². The van der Waals surface area contributed by atoms with Crippen LogP contribution in [0.2, 0.25) is 5.02 Å². The van der Waals surface area contributed by atoms with E-state index in [1.807, 2.05) is 49.4 Å². The van der Waals surface area contributed by atoms with E-state index in [0.29, 0.717) is 39.0 Å². The lowest BCUT2D eigenvalue weighted by Crippen LogP contribution is -2.30. The molecule has 0 fully saturated rings. The molecule has 2 aromatic carbocycles. The summed E-state index contributed by atoms with van der Waals surface area (Å²) in [7, 11) is 0. The first-order valence-electron chi connectivity index (χ1n) is 10.0. The average molecular weight is 469 g/mol. The highest BCUT2D eigenvalue weighted by molar-refractivity contribution is 8.13. The minimum Gasteiger partial charge on any atom is -0.463 e. The van der Waals surface area contributed by atoms with Crippen LogP contribution in [0.3, 0.4) is 0 Å². The highest BCUT2D eigenvalue weighted by Crippen LogP contribution is 2.34. The second-order valence-electron chi connectivity index (χ2n) is 6.93. The van der Waals surface area contributed by atoms with Crippen molar-refractivity contribution in [2.45, 2.75) is 25.6 Å². The van der Waals surface area contributed by atoms with E-state index in [1.54, 1.807) is 19.1 Å². The van der Waals surface area contributed by atoms with Crippen molar-refractivity contribution in [2.24, 2.45) is 4.99 Å². The Labute approximate surface area is 194 Å². The molecule has 3 aromatic rings. The Hall–Kier alpha value is -3.10. The number of nitrogens with zero attached hydrogens (tertiary/aromatic N) is 3. The molecule has 32 heavy (non-hydrogen) atoms. The van der Waals surface area contributed by atoms with Crippen LogP contribution in [0.25, 0.3) is 11.5 Å². The zero-order valence-electron chi connectivity index (χ0n) is 17.5. The van der Waals surface area contributed by atoms with E-state index >= 15 is 0 Å². The normalized spacial score (nSPS) is 15.8. The number of allylic oxidation sites excluding steroid dienone is 1. The number of ether oxygens (including phenoxy) is 1. The smallest absolute Gasteiger partial charge is 0.338 e. The molecule has 9 heteroatoms. The Bertz CT molecular complexity index is 1160. The van der Waals surface area contributed by atoms with E-state index in [1.165, 1.54) is 11.8 Å². The van der Waals surface area contributed by atoms with Crippen LogP contribution in [-0.4, -0.2) is 27.9 Å². The molecule has 0 saturated heterocycles. The van der Waals surface area contributed by atoms with Gasteiger partial charge < -0.3 is 14.5 Å². The fourth-order valence-corrected chi connectivity index (χ4v) is 4.13. The molecule has 0 amide bonds. The lowest BCUT2D eigenvalue weighted by Gasteiger charge is -2.25. The first-order chi connectivity index (χ1) is 15.5. The van der Waals surface area contributed by atoms with Crippen molar-refractivity contribution in [3.05, 3.63) is 82.3 Å². The maximum absolute atomic E-state index is 12.6.